The van der Waals surface area contributed by atoms with Crippen molar-refractivity contribution in [2.75, 3.05) is 17.6 Å². The normalized spacial score (nSPS) is 10.6. The number of hydrogen-bond acceptors (Lipinski definition) is 4. The fourth-order valence-corrected chi connectivity index (χ4v) is 2.47. The maximum absolute atomic E-state index is 5.70. The van der Waals surface area contributed by atoms with E-state index in [0.29, 0.717) is 5.82 Å². The van der Waals surface area contributed by atoms with Gasteiger partial charge in [-0.25, -0.2) is 9.97 Å². The van der Waals surface area contributed by atoms with Crippen molar-refractivity contribution < 1.29 is 0 Å². The van der Waals surface area contributed by atoms with E-state index in [1.54, 1.807) is 6.07 Å². The first-order chi connectivity index (χ1) is 10.8. The van der Waals surface area contributed by atoms with Crippen LogP contribution in [0.25, 0.3) is 0 Å². The van der Waals surface area contributed by atoms with E-state index in [1.807, 2.05) is 12.1 Å². The zero-order valence-corrected chi connectivity index (χ0v) is 12.2. The number of hydrogen-bond donors (Lipinski definition) is 2. The first kappa shape index (κ1) is 14.1. The van der Waals surface area contributed by atoms with E-state index >= 15 is 0 Å². The lowest BCUT2D eigenvalue weighted by Gasteiger charge is -2.19. The Kier molecular flexibility index (Phi) is 4.30. The molecule has 0 bridgehead atoms. The third-order valence-corrected chi connectivity index (χ3v) is 3.58. The summed E-state index contributed by atoms with van der Waals surface area (Å²) < 4.78 is 0. The van der Waals surface area contributed by atoms with Crippen LogP contribution in [0.5, 0.6) is 0 Å². The van der Waals surface area contributed by atoms with Gasteiger partial charge in [-0.3, -0.25) is 0 Å². The highest BCUT2D eigenvalue weighted by Gasteiger charge is 2.13. The van der Waals surface area contributed by atoms with Crippen LogP contribution >= 0.6 is 0 Å². The summed E-state index contributed by atoms with van der Waals surface area (Å²) in [5.41, 5.74) is 8.23. The monoisotopic (exact) mass is 290 g/mol. The van der Waals surface area contributed by atoms with Crippen molar-refractivity contribution in [2.45, 2.75) is 5.92 Å². The van der Waals surface area contributed by atoms with Gasteiger partial charge in [0.15, 0.2) is 0 Å². The van der Waals surface area contributed by atoms with Crippen LogP contribution in [0.2, 0.25) is 0 Å². The molecule has 22 heavy (non-hydrogen) atoms. The van der Waals surface area contributed by atoms with Crippen LogP contribution in [0.15, 0.2) is 73.1 Å². The molecule has 0 atom stereocenters. The predicted molar refractivity (Wildman–Crippen MR) is 89.7 cm³/mol. The standard InChI is InChI=1S/C18H18N4/c19-17-11-18(22-13-21-17)20-12-16(14-7-3-1-4-8-14)15-9-5-2-6-10-15/h1-11,13,16H,12H2,(H3,19,20,21,22). The molecule has 3 aromatic rings. The van der Waals surface area contributed by atoms with Crippen LogP contribution in [-0.2, 0) is 0 Å². The van der Waals surface area contributed by atoms with Crippen molar-refractivity contribution in [3.8, 4) is 0 Å². The Morgan fingerprint density at radius 2 is 1.45 bits per heavy atom. The van der Waals surface area contributed by atoms with Gasteiger partial charge in [-0.1, -0.05) is 60.7 Å². The number of nitrogens with two attached hydrogens (primary N) is 1. The SMILES string of the molecule is Nc1cc(NCC(c2ccccc2)c2ccccc2)ncn1. The molecule has 1 heterocycles. The second-order valence-electron chi connectivity index (χ2n) is 5.08. The summed E-state index contributed by atoms with van der Waals surface area (Å²) in [4.78, 5) is 8.11. The van der Waals surface area contributed by atoms with Crippen LogP contribution in [0, 0.1) is 0 Å². The van der Waals surface area contributed by atoms with Crippen molar-refractivity contribution in [2.24, 2.45) is 0 Å². The minimum absolute atomic E-state index is 0.249. The molecule has 0 saturated carbocycles. The van der Waals surface area contributed by atoms with Crippen molar-refractivity contribution in [1.29, 1.82) is 0 Å². The number of anilines is 2. The summed E-state index contributed by atoms with van der Waals surface area (Å²) in [6, 6.07) is 22.6. The second kappa shape index (κ2) is 6.72. The number of nitrogens with zero attached hydrogens (tertiary/aromatic N) is 2. The summed E-state index contributed by atoms with van der Waals surface area (Å²) >= 11 is 0. The Balaban J connectivity index is 1.83. The fourth-order valence-electron chi connectivity index (χ4n) is 2.47. The Labute approximate surface area is 130 Å². The molecule has 0 aliphatic carbocycles. The molecule has 0 fully saturated rings. The number of aromatic nitrogens is 2. The van der Waals surface area contributed by atoms with Crippen LogP contribution in [-0.4, -0.2) is 16.5 Å². The third-order valence-electron chi connectivity index (χ3n) is 3.58. The van der Waals surface area contributed by atoms with Crippen LogP contribution in [0.1, 0.15) is 17.0 Å². The molecule has 0 amide bonds. The topological polar surface area (TPSA) is 63.8 Å². The fraction of sp³-hybridized carbons (Fsp3) is 0.111. The van der Waals surface area contributed by atoms with Crippen molar-refractivity contribution in [3.05, 3.63) is 84.2 Å². The molecule has 110 valence electrons. The van der Waals surface area contributed by atoms with Crippen molar-refractivity contribution in [1.82, 2.24) is 9.97 Å². The van der Waals surface area contributed by atoms with Crippen molar-refractivity contribution in [3.63, 3.8) is 0 Å². The van der Waals surface area contributed by atoms with Gasteiger partial charge in [-0.15, -0.1) is 0 Å². The second-order valence-corrected chi connectivity index (χ2v) is 5.08. The van der Waals surface area contributed by atoms with E-state index in [1.165, 1.54) is 17.5 Å². The smallest absolute Gasteiger partial charge is 0.131 e. The van der Waals surface area contributed by atoms with Crippen molar-refractivity contribution >= 4 is 11.6 Å². The van der Waals surface area contributed by atoms with Gasteiger partial charge in [-0.2, -0.15) is 0 Å². The minimum atomic E-state index is 0.249. The van der Waals surface area contributed by atoms with E-state index in [0.717, 1.165) is 12.4 Å². The highest BCUT2D eigenvalue weighted by atomic mass is 15.0. The van der Waals surface area contributed by atoms with Gasteiger partial charge in [0.2, 0.25) is 0 Å². The molecule has 2 aromatic carbocycles. The van der Waals surface area contributed by atoms with Gasteiger partial charge >= 0.3 is 0 Å². The van der Waals surface area contributed by atoms with E-state index < -0.39 is 0 Å². The van der Waals surface area contributed by atoms with Crippen LogP contribution < -0.4 is 11.1 Å². The number of nitrogens with one attached hydrogen (secondary N) is 1. The van der Waals surface area contributed by atoms with Crippen LogP contribution in [0.3, 0.4) is 0 Å². The lowest BCUT2D eigenvalue weighted by atomic mass is 9.91. The molecule has 3 N–H and O–H groups in total. The number of rotatable bonds is 5. The lowest BCUT2D eigenvalue weighted by Crippen LogP contribution is -2.15. The van der Waals surface area contributed by atoms with E-state index in [2.05, 4.69) is 63.8 Å². The summed E-state index contributed by atoms with van der Waals surface area (Å²) in [6.45, 7) is 0.741. The lowest BCUT2D eigenvalue weighted by molar-refractivity contribution is 0.848. The third kappa shape index (κ3) is 3.41. The highest BCUT2D eigenvalue weighted by molar-refractivity contribution is 5.44. The zero-order chi connectivity index (χ0) is 15.2. The molecule has 0 spiro atoms. The highest BCUT2D eigenvalue weighted by Crippen LogP contribution is 2.24. The van der Waals surface area contributed by atoms with Gasteiger partial charge in [-0.05, 0) is 11.1 Å². The molecule has 3 rings (SSSR count). The predicted octanol–water partition coefficient (Wildman–Crippen LogP) is 3.30. The first-order valence-electron chi connectivity index (χ1n) is 7.24. The zero-order valence-electron chi connectivity index (χ0n) is 12.2. The molecule has 0 aliphatic heterocycles. The van der Waals surface area contributed by atoms with E-state index in [4.69, 9.17) is 5.73 Å². The Hall–Kier alpha value is -2.88. The molecular formula is C18H18N4. The first-order valence-corrected chi connectivity index (χ1v) is 7.24. The summed E-state index contributed by atoms with van der Waals surface area (Å²) in [5.74, 6) is 1.46. The average molecular weight is 290 g/mol. The Morgan fingerprint density at radius 3 is 2.00 bits per heavy atom. The molecule has 0 saturated heterocycles. The summed E-state index contributed by atoms with van der Waals surface area (Å²) in [5, 5.41) is 3.35. The van der Waals surface area contributed by atoms with Gasteiger partial charge in [0, 0.05) is 18.5 Å². The average Bonchev–Trinajstić information content (AvgIpc) is 2.57. The van der Waals surface area contributed by atoms with Gasteiger partial charge in [0.1, 0.15) is 18.0 Å². The molecule has 0 radical (unpaired) electrons. The summed E-state index contributed by atoms with van der Waals surface area (Å²) in [7, 11) is 0. The largest absolute Gasteiger partial charge is 0.384 e. The molecule has 4 heteroatoms. The number of nitrogen functional groups attached to an aromatic ring is 1. The van der Waals surface area contributed by atoms with Gasteiger partial charge < -0.3 is 11.1 Å². The maximum Gasteiger partial charge on any atom is 0.131 e. The van der Waals surface area contributed by atoms with Gasteiger partial charge in [0.25, 0.3) is 0 Å². The van der Waals surface area contributed by atoms with E-state index in [9.17, 15) is 0 Å². The number of benzene rings is 2. The Bertz CT molecular complexity index is 674. The van der Waals surface area contributed by atoms with E-state index in [-0.39, 0.29) is 5.92 Å². The quantitative estimate of drug-likeness (QED) is 0.756. The molecular weight excluding hydrogens is 272 g/mol. The molecule has 0 unspecified atom stereocenters. The molecule has 1 aromatic heterocycles. The molecule has 4 nitrogen and oxygen atoms in total. The summed E-state index contributed by atoms with van der Waals surface area (Å²) in [6.07, 6.45) is 1.47. The Morgan fingerprint density at radius 1 is 0.864 bits per heavy atom. The van der Waals surface area contributed by atoms with Crippen LogP contribution in [0.4, 0.5) is 11.6 Å². The maximum atomic E-state index is 5.70. The minimum Gasteiger partial charge on any atom is -0.384 e. The molecule has 0 aliphatic rings. The van der Waals surface area contributed by atoms with Gasteiger partial charge in [0.05, 0.1) is 0 Å².